The average Bonchev–Trinajstić information content (AvgIpc) is 2.74. The topological polar surface area (TPSA) is 32.7 Å². The Morgan fingerprint density at radius 3 is 2.61 bits per heavy atom. The molecule has 3 nitrogen and oxygen atoms in total. The number of rotatable bonds is 5. The number of hydrogen-bond donors (Lipinski definition) is 1. The summed E-state index contributed by atoms with van der Waals surface area (Å²) in [5, 5.41) is 11.4. The van der Waals surface area contributed by atoms with Crippen molar-refractivity contribution in [1.82, 2.24) is 4.90 Å². The number of piperidine rings is 1. The lowest BCUT2D eigenvalue weighted by atomic mass is 9.66. The zero-order valence-electron chi connectivity index (χ0n) is 16.8. The molecule has 0 radical (unpaired) electrons. The molecule has 1 aliphatic carbocycles. The maximum absolute atomic E-state index is 11.4. The quantitative estimate of drug-likeness (QED) is 0.789. The van der Waals surface area contributed by atoms with Crippen LogP contribution in [0.1, 0.15) is 49.3 Å². The van der Waals surface area contributed by atoms with E-state index in [0.29, 0.717) is 5.92 Å². The summed E-state index contributed by atoms with van der Waals surface area (Å²) >= 11 is 0. The SMILES string of the molecule is COc1ccc([C@@H]2[C@@H]3CCCC[C@@]3(O)CCN2C/C=C/c2ccccc2)cc1. The molecule has 0 unspecified atom stereocenters. The van der Waals surface area contributed by atoms with Crippen LogP contribution < -0.4 is 4.74 Å². The van der Waals surface area contributed by atoms with Crippen LogP contribution in [0, 0.1) is 5.92 Å². The van der Waals surface area contributed by atoms with Gasteiger partial charge in [0.25, 0.3) is 0 Å². The number of ether oxygens (including phenoxy) is 1. The molecular formula is C25H31NO2. The molecule has 3 heteroatoms. The van der Waals surface area contributed by atoms with E-state index in [9.17, 15) is 5.11 Å². The van der Waals surface area contributed by atoms with Gasteiger partial charge in [-0.05, 0) is 42.5 Å². The van der Waals surface area contributed by atoms with Gasteiger partial charge < -0.3 is 9.84 Å². The fraction of sp³-hybridized carbons (Fsp3) is 0.440. The van der Waals surface area contributed by atoms with Crippen LogP contribution in [0.5, 0.6) is 5.75 Å². The smallest absolute Gasteiger partial charge is 0.118 e. The Bertz CT molecular complexity index is 786. The predicted molar refractivity (Wildman–Crippen MR) is 114 cm³/mol. The largest absolute Gasteiger partial charge is 0.497 e. The number of methoxy groups -OCH3 is 1. The highest BCUT2D eigenvalue weighted by molar-refractivity contribution is 5.48. The van der Waals surface area contributed by atoms with Crippen LogP contribution in [-0.2, 0) is 0 Å². The third kappa shape index (κ3) is 4.01. The minimum atomic E-state index is -0.511. The summed E-state index contributed by atoms with van der Waals surface area (Å²) in [6, 6.07) is 19.2. The van der Waals surface area contributed by atoms with E-state index in [-0.39, 0.29) is 6.04 Å². The van der Waals surface area contributed by atoms with Crippen LogP contribution in [0.4, 0.5) is 0 Å². The monoisotopic (exact) mass is 377 g/mol. The van der Waals surface area contributed by atoms with Gasteiger partial charge in [0.1, 0.15) is 5.75 Å². The van der Waals surface area contributed by atoms with Gasteiger partial charge in [-0.25, -0.2) is 0 Å². The van der Waals surface area contributed by atoms with E-state index >= 15 is 0 Å². The van der Waals surface area contributed by atoms with Crippen molar-refractivity contribution in [1.29, 1.82) is 0 Å². The third-order valence-electron chi connectivity index (χ3n) is 6.58. The second-order valence-electron chi connectivity index (χ2n) is 8.23. The first-order valence-electron chi connectivity index (χ1n) is 10.5. The average molecular weight is 378 g/mol. The number of hydrogen-bond acceptors (Lipinski definition) is 3. The second-order valence-corrected chi connectivity index (χ2v) is 8.23. The Labute approximate surface area is 168 Å². The molecule has 0 aromatic heterocycles. The van der Waals surface area contributed by atoms with Crippen LogP contribution >= 0.6 is 0 Å². The molecule has 0 amide bonds. The van der Waals surface area contributed by atoms with E-state index in [1.165, 1.54) is 17.5 Å². The van der Waals surface area contributed by atoms with Gasteiger partial charge in [-0.1, -0.05) is 67.5 Å². The maximum Gasteiger partial charge on any atom is 0.118 e. The van der Waals surface area contributed by atoms with E-state index in [4.69, 9.17) is 4.74 Å². The van der Waals surface area contributed by atoms with Gasteiger partial charge in [0.15, 0.2) is 0 Å². The normalized spacial score (nSPS) is 28.2. The third-order valence-corrected chi connectivity index (χ3v) is 6.58. The molecule has 2 aromatic carbocycles. The Morgan fingerprint density at radius 2 is 1.86 bits per heavy atom. The molecule has 0 bridgehead atoms. The van der Waals surface area contributed by atoms with Gasteiger partial charge in [0, 0.05) is 25.0 Å². The zero-order chi connectivity index (χ0) is 19.4. The van der Waals surface area contributed by atoms with Gasteiger partial charge in [-0.3, -0.25) is 4.90 Å². The number of benzene rings is 2. The van der Waals surface area contributed by atoms with Crippen molar-refractivity contribution in [2.45, 2.75) is 43.7 Å². The number of nitrogens with zero attached hydrogens (tertiary/aromatic N) is 1. The molecule has 2 fully saturated rings. The predicted octanol–water partition coefficient (Wildman–Crippen LogP) is 5.08. The minimum absolute atomic E-state index is 0.255. The van der Waals surface area contributed by atoms with Gasteiger partial charge in [-0.2, -0.15) is 0 Å². The summed E-state index contributed by atoms with van der Waals surface area (Å²) in [5.41, 5.74) is 2.01. The molecule has 1 heterocycles. The van der Waals surface area contributed by atoms with Crippen molar-refractivity contribution >= 4 is 6.08 Å². The van der Waals surface area contributed by atoms with Gasteiger partial charge in [-0.15, -0.1) is 0 Å². The van der Waals surface area contributed by atoms with Gasteiger partial charge in [0.05, 0.1) is 12.7 Å². The summed E-state index contributed by atoms with van der Waals surface area (Å²) in [6.07, 6.45) is 9.75. The Balaban J connectivity index is 1.58. The van der Waals surface area contributed by atoms with Crippen molar-refractivity contribution in [3.63, 3.8) is 0 Å². The Hall–Kier alpha value is -2.10. The molecule has 0 spiro atoms. The highest BCUT2D eigenvalue weighted by atomic mass is 16.5. The van der Waals surface area contributed by atoms with Crippen LogP contribution in [-0.4, -0.2) is 35.8 Å². The van der Waals surface area contributed by atoms with Crippen molar-refractivity contribution in [3.8, 4) is 5.75 Å². The van der Waals surface area contributed by atoms with Crippen molar-refractivity contribution in [2.24, 2.45) is 5.92 Å². The molecule has 4 rings (SSSR count). The van der Waals surface area contributed by atoms with Crippen molar-refractivity contribution in [2.75, 3.05) is 20.2 Å². The second kappa shape index (κ2) is 8.50. The standard InChI is InChI=1S/C25H31NO2/c1-28-22-14-12-21(13-15-22)24-23-11-5-6-16-25(23,27)17-19-26(24)18-7-10-20-8-3-2-4-9-20/h2-4,7-10,12-15,23-24,27H,5-6,11,16-19H2,1H3/b10-7+/t23-,24+,25+/m0/s1. The maximum atomic E-state index is 11.4. The molecule has 3 atom stereocenters. The minimum Gasteiger partial charge on any atom is -0.497 e. The highest BCUT2D eigenvalue weighted by Crippen LogP contribution is 2.49. The zero-order valence-corrected chi connectivity index (χ0v) is 16.8. The summed E-state index contributed by atoms with van der Waals surface area (Å²) in [4.78, 5) is 2.55. The molecule has 1 N–H and O–H groups in total. The van der Waals surface area contributed by atoms with E-state index < -0.39 is 5.60 Å². The summed E-state index contributed by atoms with van der Waals surface area (Å²) < 4.78 is 5.35. The first-order valence-corrected chi connectivity index (χ1v) is 10.5. The van der Waals surface area contributed by atoms with E-state index in [1.807, 2.05) is 18.2 Å². The molecular weight excluding hydrogens is 346 g/mol. The van der Waals surface area contributed by atoms with Gasteiger partial charge in [0.2, 0.25) is 0 Å². The Morgan fingerprint density at radius 1 is 1.07 bits per heavy atom. The first kappa shape index (κ1) is 19.2. The highest BCUT2D eigenvalue weighted by Gasteiger charge is 2.48. The lowest BCUT2D eigenvalue weighted by molar-refractivity contribution is -0.122. The van der Waals surface area contributed by atoms with Crippen molar-refractivity contribution in [3.05, 3.63) is 71.8 Å². The number of likely N-dealkylation sites (tertiary alicyclic amines) is 1. The Kier molecular flexibility index (Phi) is 5.84. The first-order chi connectivity index (χ1) is 13.7. The van der Waals surface area contributed by atoms with E-state index in [2.05, 4.69) is 53.5 Å². The molecule has 1 aliphatic heterocycles. The van der Waals surface area contributed by atoms with Gasteiger partial charge >= 0.3 is 0 Å². The lowest BCUT2D eigenvalue weighted by Gasteiger charge is -2.52. The molecule has 1 saturated carbocycles. The number of aliphatic hydroxyl groups is 1. The molecule has 1 saturated heterocycles. The van der Waals surface area contributed by atoms with Crippen LogP contribution in [0.15, 0.2) is 60.7 Å². The fourth-order valence-electron chi connectivity index (χ4n) is 5.08. The lowest BCUT2D eigenvalue weighted by Crippen LogP contribution is -2.54. The molecule has 2 aromatic rings. The molecule has 2 aliphatic rings. The van der Waals surface area contributed by atoms with Crippen molar-refractivity contribution < 1.29 is 9.84 Å². The fourth-order valence-corrected chi connectivity index (χ4v) is 5.08. The summed E-state index contributed by atoms with van der Waals surface area (Å²) in [6.45, 7) is 1.83. The summed E-state index contributed by atoms with van der Waals surface area (Å²) in [7, 11) is 1.70. The van der Waals surface area contributed by atoms with E-state index in [0.717, 1.165) is 44.5 Å². The summed E-state index contributed by atoms with van der Waals surface area (Å²) in [5.74, 6) is 1.18. The van der Waals surface area contributed by atoms with E-state index in [1.54, 1.807) is 7.11 Å². The molecule has 148 valence electrons. The van der Waals surface area contributed by atoms with Crippen LogP contribution in [0.2, 0.25) is 0 Å². The van der Waals surface area contributed by atoms with Crippen LogP contribution in [0.3, 0.4) is 0 Å². The number of fused-ring (bicyclic) bond motifs is 1. The van der Waals surface area contributed by atoms with Crippen LogP contribution in [0.25, 0.3) is 6.08 Å². The molecule has 28 heavy (non-hydrogen) atoms.